The zero-order valence-corrected chi connectivity index (χ0v) is 21.0. The van der Waals surface area contributed by atoms with Crippen molar-refractivity contribution in [1.82, 2.24) is 10.2 Å². The van der Waals surface area contributed by atoms with E-state index in [1.807, 2.05) is 55.5 Å². The molecule has 1 aliphatic carbocycles. The predicted octanol–water partition coefficient (Wildman–Crippen LogP) is 5.45. The Kier molecular flexibility index (Phi) is 9.95. The van der Waals surface area contributed by atoms with Gasteiger partial charge in [0.1, 0.15) is 11.8 Å². The largest absolute Gasteiger partial charge is 0.497 e. The van der Waals surface area contributed by atoms with Crippen molar-refractivity contribution >= 4 is 35.2 Å². The molecule has 0 aromatic heterocycles. The van der Waals surface area contributed by atoms with Crippen molar-refractivity contribution < 1.29 is 14.3 Å². The van der Waals surface area contributed by atoms with Gasteiger partial charge in [0.05, 0.1) is 12.9 Å². The van der Waals surface area contributed by atoms with E-state index in [1.54, 1.807) is 12.0 Å². The van der Waals surface area contributed by atoms with Crippen LogP contribution in [-0.2, 0) is 21.9 Å². The molecular formula is C26H33ClN2O3S. The molecule has 2 aromatic rings. The summed E-state index contributed by atoms with van der Waals surface area (Å²) >= 11 is 7.78. The Morgan fingerprint density at radius 3 is 2.64 bits per heavy atom. The summed E-state index contributed by atoms with van der Waals surface area (Å²) in [6.45, 7) is 2.32. The van der Waals surface area contributed by atoms with Crippen molar-refractivity contribution in [3.05, 3.63) is 64.7 Å². The number of ether oxygens (including phenoxy) is 1. The molecule has 5 nitrogen and oxygen atoms in total. The van der Waals surface area contributed by atoms with E-state index in [9.17, 15) is 9.59 Å². The van der Waals surface area contributed by atoms with Crippen LogP contribution >= 0.6 is 23.4 Å². The average molecular weight is 489 g/mol. The van der Waals surface area contributed by atoms with Gasteiger partial charge < -0.3 is 15.0 Å². The summed E-state index contributed by atoms with van der Waals surface area (Å²) in [5, 5.41) is 3.88. The molecule has 0 radical (unpaired) electrons. The molecule has 2 aromatic carbocycles. The van der Waals surface area contributed by atoms with E-state index in [0.717, 1.165) is 42.6 Å². The second kappa shape index (κ2) is 12.9. The first-order valence-electron chi connectivity index (χ1n) is 11.6. The van der Waals surface area contributed by atoms with Crippen LogP contribution < -0.4 is 10.1 Å². The smallest absolute Gasteiger partial charge is 0.243 e. The number of halogens is 1. The van der Waals surface area contributed by atoms with Crippen LogP contribution in [0.4, 0.5) is 0 Å². The molecule has 7 heteroatoms. The topological polar surface area (TPSA) is 58.6 Å². The van der Waals surface area contributed by atoms with Crippen molar-refractivity contribution in [2.75, 3.05) is 12.9 Å². The predicted molar refractivity (Wildman–Crippen MR) is 136 cm³/mol. The molecule has 1 aliphatic rings. The van der Waals surface area contributed by atoms with Crippen molar-refractivity contribution in [2.24, 2.45) is 0 Å². The first-order valence-corrected chi connectivity index (χ1v) is 13.1. The maximum absolute atomic E-state index is 13.4. The highest BCUT2D eigenvalue weighted by Gasteiger charge is 2.30. The number of methoxy groups -OCH3 is 1. The van der Waals surface area contributed by atoms with Crippen LogP contribution in [0, 0.1) is 0 Å². The summed E-state index contributed by atoms with van der Waals surface area (Å²) in [4.78, 5) is 28.3. The Balaban J connectivity index is 1.73. The van der Waals surface area contributed by atoms with Gasteiger partial charge in [-0.05, 0) is 48.6 Å². The van der Waals surface area contributed by atoms with Gasteiger partial charge in [-0.1, -0.05) is 61.7 Å². The molecule has 2 amide bonds. The summed E-state index contributed by atoms with van der Waals surface area (Å²) in [6.07, 6.45) is 4.88. The lowest BCUT2D eigenvalue weighted by Gasteiger charge is -2.31. The third-order valence-corrected chi connectivity index (χ3v) is 7.35. The van der Waals surface area contributed by atoms with Crippen LogP contribution in [-0.4, -0.2) is 41.7 Å². The van der Waals surface area contributed by atoms with Crippen LogP contribution in [0.1, 0.15) is 50.2 Å². The number of carbonyl (C=O) groups excluding carboxylic acids is 2. The number of thioether (sulfide) groups is 1. The maximum atomic E-state index is 13.4. The molecule has 33 heavy (non-hydrogen) atoms. The summed E-state index contributed by atoms with van der Waals surface area (Å²) in [7, 11) is 1.62. The number of amides is 2. The van der Waals surface area contributed by atoms with Gasteiger partial charge in [0, 0.05) is 23.4 Å². The van der Waals surface area contributed by atoms with Gasteiger partial charge in [-0.2, -0.15) is 0 Å². The summed E-state index contributed by atoms with van der Waals surface area (Å²) in [5.41, 5.74) is 1.94. The number of rotatable bonds is 11. The van der Waals surface area contributed by atoms with E-state index in [4.69, 9.17) is 16.3 Å². The third kappa shape index (κ3) is 7.41. The molecule has 178 valence electrons. The van der Waals surface area contributed by atoms with Gasteiger partial charge in [0.25, 0.3) is 0 Å². The lowest BCUT2D eigenvalue weighted by atomic mass is 10.1. The van der Waals surface area contributed by atoms with E-state index in [0.29, 0.717) is 23.7 Å². The molecule has 3 rings (SSSR count). The van der Waals surface area contributed by atoms with Gasteiger partial charge >= 0.3 is 0 Å². The average Bonchev–Trinajstić information content (AvgIpc) is 3.33. The maximum Gasteiger partial charge on any atom is 0.243 e. The van der Waals surface area contributed by atoms with Gasteiger partial charge in [0.15, 0.2) is 0 Å². The zero-order chi connectivity index (χ0) is 23.6. The number of benzene rings is 2. The minimum absolute atomic E-state index is 0.0525. The number of nitrogens with zero attached hydrogens (tertiary/aromatic N) is 1. The van der Waals surface area contributed by atoms with Crippen molar-refractivity contribution in [3.8, 4) is 5.75 Å². The standard InChI is InChI=1S/C26H33ClN2O3S/c1-3-24(26(31)28-21-11-5-6-12-21)29(16-19-9-8-13-22(15-19)32-2)25(30)18-33-17-20-10-4-7-14-23(20)27/h4,7-10,13-15,21,24H,3,5-6,11-12,16-18H2,1-2H3,(H,28,31)/t24-/m1/s1. The highest BCUT2D eigenvalue weighted by molar-refractivity contribution is 7.99. The number of hydrogen-bond donors (Lipinski definition) is 1. The highest BCUT2D eigenvalue weighted by atomic mass is 35.5. The lowest BCUT2D eigenvalue weighted by molar-refractivity contribution is -0.139. The fourth-order valence-corrected chi connectivity index (χ4v) is 5.40. The molecule has 1 atom stereocenters. The minimum Gasteiger partial charge on any atom is -0.497 e. The van der Waals surface area contributed by atoms with Crippen LogP contribution in [0.2, 0.25) is 5.02 Å². The molecule has 1 N–H and O–H groups in total. The quantitative estimate of drug-likeness (QED) is 0.457. The van der Waals surface area contributed by atoms with Crippen LogP contribution in [0.15, 0.2) is 48.5 Å². The second-order valence-corrected chi connectivity index (χ2v) is 9.76. The number of nitrogens with one attached hydrogen (secondary N) is 1. The monoisotopic (exact) mass is 488 g/mol. The SMILES string of the molecule is CC[C@H](C(=O)NC1CCCC1)N(Cc1cccc(OC)c1)C(=O)CSCc1ccccc1Cl. The first kappa shape index (κ1) is 25.4. The molecule has 1 fully saturated rings. The number of hydrogen-bond acceptors (Lipinski definition) is 4. The lowest BCUT2D eigenvalue weighted by Crippen LogP contribution is -2.51. The molecule has 1 saturated carbocycles. The first-order chi connectivity index (χ1) is 16.0. The fourth-order valence-electron chi connectivity index (χ4n) is 4.20. The van der Waals surface area contributed by atoms with E-state index in [1.165, 1.54) is 11.8 Å². The van der Waals surface area contributed by atoms with Gasteiger partial charge in [-0.25, -0.2) is 0 Å². The number of carbonyl (C=O) groups is 2. The van der Waals surface area contributed by atoms with E-state index in [2.05, 4.69) is 5.32 Å². The van der Waals surface area contributed by atoms with Crippen LogP contribution in [0.25, 0.3) is 0 Å². The van der Waals surface area contributed by atoms with E-state index < -0.39 is 6.04 Å². The van der Waals surface area contributed by atoms with Crippen LogP contribution in [0.3, 0.4) is 0 Å². The Labute approximate surface area is 206 Å². The van der Waals surface area contributed by atoms with E-state index in [-0.39, 0.29) is 23.6 Å². The highest BCUT2D eigenvalue weighted by Crippen LogP contribution is 2.23. The van der Waals surface area contributed by atoms with Crippen molar-refractivity contribution in [2.45, 2.75) is 63.4 Å². The van der Waals surface area contributed by atoms with Gasteiger partial charge in [-0.15, -0.1) is 11.8 Å². The van der Waals surface area contributed by atoms with E-state index >= 15 is 0 Å². The summed E-state index contributed by atoms with van der Waals surface area (Å²) in [5.74, 6) is 1.54. The zero-order valence-electron chi connectivity index (χ0n) is 19.4. The Bertz CT molecular complexity index is 933. The van der Waals surface area contributed by atoms with Gasteiger partial charge in [-0.3, -0.25) is 9.59 Å². The molecule has 0 saturated heterocycles. The van der Waals surface area contributed by atoms with Crippen molar-refractivity contribution in [1.29, 1.82) is 0 Å². The van der Waals surface area contributed by atoms with Crippen LogP contribution in [0.5, 0.6) is 5.75 Å². The van der Waals surface area contributed by atoms with Gasteiger partial charge in [0.2, 0.25) is 11.8 Å². The molecule has 0 aliphatic heterocycles. The summed E-state index contributed by atoms with van der Waals surface area (Å²) < 4.78 is 5.35. The third-order valence-electron chi connectivity index (χ3n) is 6.02. The Morgan fingerprint density at radius 2 is 1.94 bits per heavy atom. The molecule has 0 spiro atoms. The second-order valence-electron chi connectivity index (χ2n) is 8.37. The molecule has 0 bridgehead atoms. The molecule has 0 unspecified atom stereocenters. The summed E-state index contributed by atoms with van der Waals surface area (Å²) in [6, 6.07) is 15.0. The fraction of sp³-hybridized carbons (Fsp3) is 0.462. The van der Waals surface area contributed by atoms with Crippen molar-refractivity contribution in [3.63, 3.8) is 0 Å². The normalized spacial score (nSPS) is 14.6. The molecular weight excluding hydrogens is 456 g/mol. The minimum atomic E-state index is -0.509. The molecule has 0 heterocycles. The Hall–Kier alpha value is -2.18. The Morgan fingerprint density at radius 1 is 1.18 bits per heavy atom.